The molecule has 0 bridgehead atoms. The molecule has 0 spiro atoms. The summed E-state index contributed by atoms with van der Waals surface area (Å²) >= 11 is 0. The van der Waals surface area contributed by atoms with E-state index in [0.717, 1.165) is 0 Å². The van der Waals surface area contributed by atoms with Crippen LogP contribution < -0.4 is 5.56 Å². The summed E-state index contributed by atoms with van der Waals surface area (Å²) in [5, 5.41) is 8.71. The lowest BCUT2D eigenvalue weighted by atomic mass is 10.1. The van der Waals surface area contributed by atoms with E-state index in [2.05, 4.69) is 0 Å². The predicted octanol–water partition coefficient (Wildman–Crippen LogP) is 1.82. The summed E-state index contributed by atoms with van der Waals surface area (Å²) in [6, 6.07) is 8.92. The van der Waals surface area contributed by atoms with Gasteiger partial charge in [0.05, 0.1) is 12.1 Å². The van der Waals surface area contributed by atoms with E-state index < -0.39 is 5.97 Å². The topological polar surface area (TPSA) is 59.3 Å². The molecule has 0 saturated carbocycles. The molecule has 0 unspecified atom stereocenters. The molecule has 1 N–H and O–H groups in total. The fourth-order valence-electron chi connectivity index (χ4n) is 1.90. The molecule has 0 aliphatic rings. The van der Waals surface area contributed by atoms with Crippen molar-refractivity contribution in [2.45, 2.75) is 6.42 Å². The third kappa shape index (κ3) is 2.70. The summed E-state index contributed by atoms with van der Waals surface area (Å²) in [6.45, 7) is 0. The average molecular weight is 261 g/mol. The monoisotopic (exact) mass is 261 g/mol. The molecule has 2 rings (SSSR count). The first-order valence-electron chi connectivity index (χ1n) is 5.65. The van der Waals surface area contributed by atoms with Crippen LogP contribution in [0.3, 0.4) is 0 Å². The van der Waals surface area contributed by atoms with Gasteiger partial charge in [-0.25, -0.2) is 4.39 Å². The van der Waals surface area contributed by atoms with E-state index in [0.29, 0.717) is 11.3 Å². The van der Waals surface area contributed by atoms with Crippen molar-refractivity contribution in [2.24, 2.45) is 7.05 Å². The smallest absolute Gasteiger partial charge is 0.308 e. The fraction of sp³-hybridized carbons (Fsp3) is 0.143. The number of aliphatic carboxylic acids is 1. The fourth-order valence-corrected chi connectivity index (χ4v) is 1.90. The number of nitrogens with zero attached hydrogens (tertiary/aromatic N) is 1. The van der Waals surface area contributed by atoms with E-state index in [9.17, 15) is 14.0 Å². The van der Waals surface area contributed by atoms with Gasteiger partial charge in [0, 0.05) is 12.6 Å². The van der Waals surface area contributed by atoms with Crippen LogP contribution in [0.2, 0.25) is 0 Å². The highest BCUT2D eigenvalue weighted by atomic mass is 19.1. The van der Waals surface area contributed by atoms with Crippen molar-refractivity contribution in [1.82, 2.24) is 4.57 Å². The SMILES string of the molecule is Cn1c(-c2ccc(F)cc2)ccc(CC(=O)O)c1=O. The molecule has 1 aromatic carbocycles. The minimum atomic E-state index is -1.05. The lowest BCUT2D eigenvalue weighted by Crippen LogP contribution is -2.23. The molecular formula is C14H12FNO3. The van der Waals surface area contributed by atoms with E-state index in [1.54, 1.807) is 25.2 Å². The maximum absolute atomic E-state index is 12.9. The third-order valence-corrected chi connectivity index (χ3v) is 2.86. The van der Waals surface area contributed by atoms with E-state index in [-0.39, 0.29) is 23.4 Å². The lowest BCUT2D eigenvalue weighted by molar-refractivity contribution is -0.136. The number of hydrogen-bond donors (Lipinski definition) is 1. The summed E-state index contributed by atoms with van der Waals surface area (Å²) < 4.78 is 14.2. The Hall–Kier alpha value is -2.43. The normalized spacial score (nSPS) is 10.4. The zero-order valence-corrected chi connectivity index (χ0v) is 10.3. The van der Waals surface area contributed by atoms with E-state index in [4.69, 9.17) is 5.11 Å². The van der Waals surface area contributed by atoms with Crippen LogP contribution in [0.15, 0.2) is 41.2 Å². The summed E-state index contributed by atoms with van der Waals surface area (Å²) in [7, 11) is 1.56. The van der Waals surface area contributed by atoms with Crippen LogP contribution in [0.4, 0.5) is 4.39 Å². The standard InChI is InChI=1S/C14H12FNO3/c1-16-12(9-2-5-11(15)6-3-9)7-4-10(14(16)19)8-13(17)18/h2-7H,8H2,1H3,(H,17,18). The largest absolute Gasteiger partial charge is 0.481 e. The average Bonchev–Trinajstić information content (AvgIpc) is 2.36. The Kier molecular flexibility index (Phi) is 3.46. The van der Waals surface area contributed by atoms with Crippen LogP contribution in [0.1, 0.15) is 5.56 Å². The van der Waals surface area contributed by atoms with Gasteiger partial charge in [0.2, 0.25) is 0 Å². The van der Waals surface area contributed by atoms with Crippen molar-refractivity contribution >= 4 is 5.97 Å². The second kappa shape index (κ2) is 5.06. The maximum Gasteiger partial charge on any atom is 0.308 e. The number of rotatable bonds is 3. The summed E-state index contributed by atoms with van der Waals surface area (Å²) in [5.41, 5.74) is 1.17. The highest BCUT2D eigenvalue weighted by molar-refractivity contribution is 5.70. The molecule has 19 heavy (non-hydrogen) atoms. The number of aromatic nitrogens is 1. The van der Waals surface area contributed by atoms with Gasteiger partial charge in [-0.1, -0.05) is 6.07 Å². The number of carbonyl (C=O) groups is 1. The Bertz CT molecular complexity index is 674. The number of carboxylic acids is 1. The molecule has 0 fully saturated rings. The minimum Gasteiger partial charge on any atom is -0.481 e. The van der Waals surface area contributed by atoms with Crippen LogP contribution in [0.25, 0.3) is 11.3 Å². The minimum absolute atomic E-state index is 0.223. The first-order chi connectivity index (χ1) is 8.99. The Morgan fingerprint density at radius 2 is 1.84 bits per heavy atom. The Labute approximate surface area is 108 Å². The second-order valence-corrected chi connectivity index (χ2v) is 4.19. The number of halogens is 1. The second-order valence-electron chi connectivity index (χ2n) is 4.19. The molecule has 0 saturated heterocycles. The highest BCUT2D eigenvalue weighted by Crippen LogP contribution is 2.18. The highest BCUT2D eigenvalue weighted by Gasteiger charge is 2.10. The van der Waals surface area contributed by atoms with Gasteiger partial charge in [-0.3, -0.25) is 9.59 Å². The van der Waals surface area contributed by atoms with Crippen molar-refractivity contribution in [3.63, 3.8) is 0 Å². The molecule has 5 heteroatoms. The molecule has 4 nitrogen and oxygen atoms in total. The molecule has 1 heterocycles. The van der Waals surface area contributed by atoms with Crippen molar-refractivity contribution in [2.75, 3.05) is 0 Å². The molecule has 1 aromatic heterocycles. The number of pyridine rings is 1. The molecule has 98 valence electrons. The summed E-state index contributed by atoms with van der Waals surface area (Å²) in [5.74, 6) is -1.40. The molecule has 0 amide bonds. The van der Waals surface area contributed by atoms with Crippen LogP contribution in [0.5, 0.6) is 0 Å². The van der Waals surface area contributed by atoms with Crippen molar-refractivity contribution < 1.29 is 14.3 Å². The van der Waals surface area contributed by atoms with Gasteiger partial charge in [-0.15, -0.1) is 0 Å². The molecule has 0 aliphatic carbocycles. The molecule has 0 atom stereocenters. The third-order valence-electron chi connectivity index (χ3n) is 2.86. The number of hydrogen-bond acceptors (Lipinski definition) is 2. The van der Waals surface area contributed by atoms with Crippen molar-refractivity contribution in [3.05, 3.63) is 58.1 Å². The molecule has 0 aliphatic heterocycles. The van der Waals surface area contributed by atoms with Gasteiger partial charge in [-0.2, -0.15) is 0 Å². The van der Waals surface area contributed by atoms with Gasteiger partial charge >= 0.3 is 5.97 Å². The van der Waals surface area contributed by atoms with Gasteiger partial charge in [0.1, 0.15) is 5.82 Å². The quantitative estimate of drug-likeness (QED) is 0.916. The predicted molar refractivity (Wildman–Crippen MR) is 68.4 cm³/mol. The van der Waals surface area contributed by atoms with Crippen LogP contribution in [0, 0.1) is 5.82 Å². The van der Waals surface area contributed by atoms with Gasteiger partial charge in [0.15, 0.2) is 0 Å². The molecular weight excluding hydrogens is 249 g/mol. The Balaban J connectivity index is 2.49. The van der Waals surface area contributed by atoms with Gasteiger partial charge in [-0.05, 0) is 35.9 Å². The van der Waals surface area contributed by atoms with Crippen molar-refractivity contribution in [1.29, 1.82) is 0 Å². The van der Waals surface area contributed by atoms with Crippen LogP contribution in [-0.2, 0) is 18.3 Å². The first kappa shape index (κ1) is 13.0. The summed E-state index contributed by atoms with van der Waals surface area (Å²) in [4.78, 5) is 22.6. The summed E-state index contributed by atoms with van der Waals surface area (Å²) in [6.07, 6.45) is -0.309. The van der Waals surface area contributed by atoms with E-state index in [1.807, 2.05) is 0 Å². The van der Waals surface area contributed by atoms with Crippen molar-refractivity contribution in [3.8, 4) is 11.3 Å². The maximum atomic E-state index is 12.9. The number of benzene rings is 1. The molecule has 2 aromatic rings. The zero-order valence-electron chi connectivity index (χ0n) is 10.3. The van der Waals surface area contributed by atoms with Gasteiger partial charge < -0.3 is 9.67 Å². The first-order valence-corrected chi connectivity index (χ1v) is 5.65. The number of carboxylic acid groups (broad SMARTS) is 1. The van der Waals surface area contributed by atoms with E-state index in [1.165, 1.54) is 22.8 Å². The Morgan fingerprint density at radius 1 is 1.21 bits per heavy atom. The lowest BCUT2D eigenvalue weighted by Gasteiger charge is -2.09. The zero-order chi connectivity index (χ0) is 14.0. The van der Waals surface area contributed by atoms with E-state index >= 15 is 0 Å². The van der Waals surface area contributed by atoms with Gasteiger partial charge in [0.25, 0.3) is 5.56 Å². The Morgan fingerprint density at radius 3 is 2.42 bits per heavy atom. The van der Waals surface area contributed by atoms with Crippen LogP contribution >= 0.6 is 0 Å². The van der Waals surface area contributed by atoms with Crippen LogP contribution in [-0.4, -0.2) is 15.6 Å². The molecule has 0 radical (unpaired) electrons.